The van der Waals surface area contributed by atoms with E-state index in [2.05, 4.69) is 17.2 Å². The molecule has 0 aliphatic rings. The zero-order valence-corrected chi connectivity index (χ0v) is 11.7. The van der Waals surface area contributed by atoms with Crippen LogP contribution in [0.5, 0.6) is 0 Å². The molecule has 0 aromatic carbocycles. The molecule has 1 N–H and O–H groups in total. The summed E-state index contributed by atoms with van der Waals surface area (Å²) in [5.41, 5.74) is -0.723. The number of imidazole rings is 1. The van der Waals surface area contributed by atoms with Gasteiger partial charge in [-0.1, -0.05) is 6.92 Å². The Morgan fingerprint density at radius 1 is 1.56 bits per heavy atom. The fourth-order valence-corrected chi connectivity index (χ4v) is 1.81. The van der Waals surface area contributed by atoms with Gasteiger partial charge in [0.25, 0.3) is 0 Å². The van der Waals surface area contributed by atoms with Crippen LogP contribution >= 0.6 is 0 Å². The maximum Gasteiger partial charge on any atom is 0.327 e. The molecule has 5 nitrogen and oxygen atoms in total. The molecule has 1 heterocycles. The van der Waals surface area contributed by atoms with Crippen LogP contribution in [-0.2, 0) is 22.5 Å². The number of nitrogens with one attached hydrogen (secondary N) is 1. The smallest absolute Gasteiger partial charge is 0.327 e. The highest BCUT2D eigenvalue weighted by Gasteiger charge is 2.33. The molecular weight excluding hydrogens is 230 g/mol. The number of hydrogen-bond donors (Lipinski definition) is 1. The molecule has 0 saturated carbocycles. The average Bonchev–Trinajstić information content (AvgIpc) is 2.77. The van der Waals surface area contributed by atoms with Gasteiger partial charge in [0.1, 0.15) is 11.4 Å². The van der Waals surface area contributed by atoms with E-state index >= 15 is 0 Å². The van der Waals surface area contributed by atoms with Crippen molar-refractivity contribution >= 4 is 5.97 Å². The Hall–Kier alpha value is -1.36. The molecule has 0 aliphatic heterocycles. The summed E-state index contributed by atoms with van der Waals surface area (Å²) in [4.78, 5) is 16.3. The number of hydrogen-bond acceptors (Lipinski definition) is 4. The van der Waals surface area contributed by atoms with Gasteiger partial charge >= 0.3 is 5.97 Å². The molecule has 0 bridgehead atoms. The molecule has 102 valence electrons. The zero-order chi connectivity index (χ0) is 13.6. The third kappa shape index (κ3) is 3.32. The van der Waals surface area contributed by atoms with Crippen LogP contribution in [0.4, 0.5) is 0 Å². The number of aromatic nitrogens is 2. The normalized spacial score (nSPS) is 14.2. The number of rotatable bonds is 7. The maximum absolute atomic E-state index is 12.0. The molecule has 0 aliphatic carbocycles. The Morgan fingerprint density at radius 2 is 2.28 bits per heavy atom. The molecule has 1 rings (SSSR count). The largest absolute Gasteiger partial charge is 0.465 e. The Morgan fingerprint density at radius 3 is 2.83 bits per heavy atom. The summed E-state index contributed by atoms with van der Waals surface area (Å²) >= 11 is 0. The molecule has 18 heavy (non-hydrogen) atoms. The first-order valence-corrected chi connectivity index (χ1v) is 6.43. The van der Waals surface area contributed by atoms with Crippen molar-refractivity contribution in [2.24, 2.45) is 0 Å². The van der Waals surface area contributed by atoms with E-state index < -0.39 is 5.54 Å². The van der Waals surface area contributed by atoms with Crippen LogP contribution in [0.25, 0.3) is 0 Å². The van der Waals surface area contributed by atoms with Gasteiger partial charge in [-0.05, 0) is 27.3 Å². The lowest BCUT2D eigenvalue weighted by molar-refractivity contribution is -0.150. The summed E-state index contributed by atoms with van der Waals surface area (Å²) in [6.07, 6.45) is 5.62. The summed E-state index contributed by atoms with van der Waals surface area (Å²) in [6, 6.07) is 0. The quantitative estimate of drug-likeness (QED) is 0.746. The van der Waals surface area contributed by atoms with E-state index in [4.69, 9.17) is 4.74 Å². The van der Waals surface area contributed by atoms with E-state index in [-0.39, 0.29) is 5.97 Å². The first-order valence-electron chi connectivity index (χ1n) is 6.43. The van der Waals surface area contributed by atoms with Gasteiger partial charge in [0, 0.05) is 18.8 Å². The van der Waals surface area contributed by atoms with Gasteiger partial charge in [0.15, 0.2) is 0 Å². The first-order chi connectivity index (χ1) is 8.57. The highest BCUT2D eigenvalue weighted by molar-refractivity contribution is 5.80. The van der Waals surface area contributed by atoms with Gasteiger partial charge in [-0.2, -0.15) is 0 Å². The second-order valence-electron chi connectivity index (χ2n) is 4.52. The Labute approximate surface area is 109 Å². The van der Waals surface area contributed by atoms with E-state index in [1.54, 1.807) is 13.2 Å². The van der Waals surface area contributed by atoms with E-state index in [1.165, 1.54) is 0 Å². The van der Waals surface area contributed by atoms with Crippen molar-refractivity contribution in [1.29, 1.82) is 0 Å². The predicted molar refractivity (Wildman–Crippen MR) is 70.3 cm³/mol. The molecule has 1 unspecified atom stereocenters. The van der Waals surface area contributed by atoms with Gasteiger partial charge in [-0.15, -0.1) is 0 Å². The minimum atomic E-state index is -0.723. The second kappa shape index (κ2) is 6.54. The fraction of sp³-hybridized carbons (Fsp3) is 0.692. The highest BCUT2D eigenvalue weighted by Crippen LogP contribution is 2.12. The van der Waals surface area contributed by atoms with Crippen LogP contribution in [0.2, 0.25) is 0 Å². The molecule has 1 aromatic rings. The van der Waals surface area contributed by atoms with Crippen molar-refractivity contribution in [2.45, 2.75) is 45.7 Å². The summed E-state index contributed by atoms with van der Waals surface area (Å²) in [5.74, 6) is 0.770. The number of esters is 1. The molecule has 0 fully saturated rings. The standard InChI is InChI=1S/C13H23N3O2/c1-5-7-11-15-8-9-16(11)10-13(3,14-4)12(17)18-6-2/h8-9,14H,5-7,10H2,1-4H3. The lowest BCUT2D eigenvalue weighted by Crippen LogP contribution is -2.52. The van der Waals surface area contributed by atoms with Gasteiger partial charge in [0.2, 0.25) is 0 Å². The predicted octanol–water partition coefficient (Wildman–Crippen LogP) is 1.38. The molecule has 1 atom stereocenters. The Kier molecular flexibility index (Phi) is 5.34. The van der Waals surface area contributed by atoms with Crippen molar-refractivity contribution < 1.29 is 9.53 Å². The van der Waals surface area contributed by atoms with E-state index in [0.717, 1.165) is 18.7 Å². The first kappa shape index (κ1) is 14.7. The number of carbonyl (C=O) groups is 1. The monoisotopic (exact) mass is 253 g/mol. The lowest BCUT2D eigenvalue weighted by atomic mass is 10.0. The summed E-state index contributed by atoms with van der Waals surface area (Å²) in [7, 11) is 1.77. The van der Waals surface area contributed by atoms with Gasteiger partial charge < -0.3 is 14.6 Å². The van der Waals surface area contributed by atoms with Gasteiger partial charge in [-0.25, -0.2) is 9.78 Å². The zero-order valence-electron chi connectivity index (χ0n) is 11.7. The van der Waals surface area contributed by atoms with Crippen molar-refractivity contribution in [1.82, 2.24) is 14.9 Å². The third-order valence-corrected chi connectivity index (χ3v) is 3.04. The van der Waals surface area contributed by atoms with Crippen LogP contribution in [0, 0.1) is 0 Å². The topological polar surface area (TPSA) is 56.2 Å². The summed E-state index contributed by atoms with van der Waals surface area (Å²) in [5, 5.41) is 3.05. The number of aryl methyl sites for hydroxylation is 1. The highest BCUT2D eigenvalue weighted by atomic mass is 16.5. The fourth-order valence-electron chi connectivity index (χ4n) is 1.81. The third-order valence-electron chi connectivity index (χ3n) is 3.04. The van der Waals surface area contributed by atoms with E-state index in [0.29, 0.717) is 13.2 Å². The molecule has 5 heteroatoms. The van der Waals surface area contributed by atoms with Crippen LogP contribution in [0.15, 0.2) is 12.4 Å². The van der Waals surface area contributed by atoms with Crippen molar-refractivity contribution in [3.63, 3.8) is 0 Å². The Balaban J connectivity index is 2.84. The minimum absolute atomic E-state index is 0.233. The van der Waals surface area contributed by atoms with Gasteiger partial charge in [-0.3, -0.25) is 0 Å². The summed E-state index contributed by atoms with van der Waals surface area (Å²) in [6.45, 7) is 6.69. The van der Waals surface area contributed by atoms with Crippen molar-refractivity contribution in [2.75, 3.05) is 13.7 Å². The molecular formula is C13H23N3O2. The number of nitrogens with zero attached hydrogens (tertiary/aromatic N) is 2. The lowest BCUT2D eigenvalue weighted by Gasteiger charge is -2.27. The molecule has 0 radical (unpaired) electrons. The van der Waals surface area contributed by atoms with Gasteiger partial charge in [0.05, 0.1) is 13.2 Å². The van der Waals surface area contributed by atoms with Crippen molar-refractivity contribution in [3.05, 3.63) is 18.2 Å². The SMILES string of the molecule is CCCc1nccn1CC(C)(NC)C(=O)OCC. The van der Waals surface area contributed by atoms with Crippen LogP contribution in [0.3, 0.4) is 0 Å². The Bertz CT molecular complexity index is 389. The molecule has 1 aromatic heterocycles. The number of likely N-dealkylation sites (N-methyl/N-ethyl adjacent to an activating group) is 1. The molecule has 0 spiro atoms. The summed E-state index contributed by atoms with van der Waals surface area (Å²) < 4.78 is 7.12. The minimum Gasteiger partial charge on any atom is -0.465 e. The average molecular weight is 253 g/mol. The van der Waals surface area contributed by atoms with Crippen LogP contribution in [-0.4, -0.2) is 34.7 Å². The van der Waals surface area contributed by atoms with Crippen molar-refractivity contribution in [3.8, 4) is 0 Å². The number of carbonyl (C=O) groups excluding carboxylic acids is 1. The van der Waals surface area contributed by atoms with Crippen LogP contribution in [0.1, 0.15) is 33.0 Å². The molecule has 0 amide bonds. The molecule has 0 saturated heterocycles. The second-order valence-corrected chi connectivity index (χ2v) is 4.52. The van der Waals surface area contributed by atoms with E-state index in [9.17, 15) is 4.79 Å². The maximum atomic E-state index is 12.0. The van der Waals surface area contributed by atoms with Crippen LogP contribution < -0.4 is 5.32 Å². The number of ether oxygens (including phenoxy) is 1. The van der Waals surface area contributed by atoms with E-state index in [1.807, 2.05) is 24.6 Å².